The van der Waals surface area contributed by atoms with Crippen LogP contribution in [0.2, 0.25) is 0 Å². The lowest BCUT2D eigenvalue weighted by Crippen LogP contribution is -2.31. The topological polar surface area (TPSA) is 56.3 Å². The van der Waals surface area contributed by atoms with E-state index >= 15 is 0 Å². The molecule has 114 valence electrons. The Bertz CT molecular complexity index is 603. The van der Waals surface area contributed by atoms with Gasteiger partial charge in [-0.05, 0) is 26.0 Å². The van der Waals surface area contributed by atoms with Crippen LogP contribution in [0.25, 0.3) is 0 Å². The molecule has 0 radical (unpaired) electrons. The summed E-state index contributed by atoms with van der Waals surface area (Å²) < 4.78 is 7.26. The highest BCUT2D eigenvalue weighted by Gasteiger charge is 2.25. The van der Waals surface area contributed by atoms with Crippen molar-refractivity contribution in [3.63, 3.8) is 0 Å². The lowest BCUT2D eigenvalue weighted by molar-refractivity contribution is 0.366. The molecule has 0 fully saturated rings. The first-order chi connectivity index (χ1) is 9.99. The fourth-order valence-corrected chi connectivity index (χ4v) is 2.71. The molecule has 0 aliphatic heterocycles. The molecule has 5 heteroatoms. The second-order valence-electron chi connectivity index (χ2n) is 5.33. The van der Waals surface area contributed by atoms with E-state index in [1.807, 2.05) is 21.0 Å². The molecule has 1 aromatic heterocycles. The minimum atomic E-state index is 0.0244. The van der Waals surface area contributed by atoms with Crippen LogP contribution in [0.5, 0.6) is 5.88 Å². The molecule has 21 heavy (non-hydrogen) atoms. The summed E-state index contributed by atoms with van der Waals surface area (Å²) >= 11 is 0. The smallest absolute Gasteiger partial charge is 0.216 e. The third kappa shape index (κ3) is 2.88. The highest BCUT2D eigenvalue weighted by atomic mass is 16.5. The standard InChI is InChI=1S/C16H24N4O/c1-11-6-8-13(9-7-11)19(3)14(10-17)15-12(2)18-20(4)16(15)21-5/h6-9,14H,10,17H2,1-5H3. The second-order valence-corrected chi connectivity index (χ2v) is 5.33. The Morgan fingerprint density at radius 1 is 1.29 bits per heavy atom. The van der Waals surface area contributed by atoms with Gasteiger partial charge in [-0.15, -0.1) is 0 Å². The summed E-state index contributed by atoms with van der Waals surface area (Å²) in [5.74, 6) is 0.766. The monoisotopic (exact) mass is 288 g/mol. The average molecular weight is 288 g/mol. The minimum absolute atomic E-state index is 0.0244. The molecule has 1 atom stereocenters. The van der Waals surface area contributed by atoms with E-state index in [0.717, 1.165) is 22.8 Å². The van der Waals surface area contributed by atoms with Gasteiger partial charge in [-0.25, -0.2) is 4.68 Å². The summed E-state index contributed by atoms with van der Waals surface area (Å²) in [6.07, 6.45) is 0. The van der Waals surface area contributed by atoms with Crippen LogP contribution in [0.1, 0.15) is 22.9 Å². The van der Waals surface area contributed by atoms with Gasteiger partial charge in [-0.1, -0.05) is 17.7 Å². The number of ether oxygens (including phenoxy) is 1. The molecule has 0 aliphatic rings. The van der Waals surface area contributed by atoms with Crippen LogP contribution in [0.3, 0.4) is 0 Å². The van der Waals surface area contributed by atoms with Gasteiger partial charge in [-0.3, -0.25) is 0 Å². The Morgan fingerprint density at radius 2 is 1.90 bits per heavy atom. The molecule has 0 aliphatic carbocycles. The van der Waals surface area contributed by atoms with Crippen molar-refractivity contribution >= 4 is 5.69 Å². The van der Waals surface area contributed by atoms with Gasteiger partial charge < -0.3 is 15.4 Å². The third-order valence-corrected chi connectivity index (χ3v) is 3.87. The van der Waals surface area contributed by atoms with Crippen molar-refractivity contribution in [2.75, 3.05) is 25.6 Å². The normalized spacial score (nSPS) is 12.3. The molecule has 2 rings (SSSR count). The summed E-state index contributed by atoms with van der Waals surface area (Å²) in [4.78, 5) is 2.17. The Morgan fingerprint density at radius 3 is 2.43 bits per heavy atom. The van der Waals surface area contributed by atoms with Crippen LogP contribution in [0.15, 0.2) is 24.3 Å². The SMILES string of the molecule is COc1c(C(CN)N(C)c2ccc(C)cc2)c(C)nn1C. The molecule has 1 heterocycles. The number of likely N-dealkylation sites (N-methyl/N-ethyl adjacent to an activating group) is 1. The zero-order chi connectivity index (χ0) is 15.6. The van der Waals surface area contributed by atoms with Gasteiger partial charge in [0.25, 0.3) is 0 Å². The number of nitrogens with two attached hydrogens (primary N) is 1. The van der Waals surface area contributed by atoms with E-state index in [-0.39, 0.29) is 6.04 Å². The Kier molecular flexibility index (Phi) is 4.53. The van der Waals surface area contributed by atoms with Crippen LogP contribution in [-0.2, 0) is 7.05 Å². The molecule has 1 unspecified atom stereocenters. The van der Waals surface area contributed by atoms with E-state index < -0.39 is 0 Å². The van der Waals surface area contributed by atoms with Crippen molar-refractivity contribution in [3.8, 4) is 5.88 Å². The Labute approximate surface area is 126 Å². The summed E-state index contributed by atoms with van der Waals surface area (Å²) in [7, 11) is 5.60. The summed E-state index contributed by atoms with van der Waals surface area (Å²) in [5.41, 5.74) is 10.4. The first-order valence-electron chi connectivity index (χ1n) is 7.06. The molecule has 0 amide bonds. The molecule has 0 saturated heterocycles. The Balaban J connectivity index is 2.42. The number of hydrogen-bond acceptors (Lipinski definition) is 4. The quantitative estimate of drug-likeness (QED) is 0.916. The van der Waals surface area contributed by atoms with E-state index in [1.54, 1.807) is 11.8 Å². The second kappa shape index (κ2) is 6.18. The largest absolute Gasteiger partial charge is 0.481 e. The van der Waals surface area contributed by atoms with Crippen LogP contribution in [0, 0.1) is 13.8 Å². The average Bonchev–Trinajstić information content (AvgIpc) is 2.74. The van der Waals surface area contributed by atoms with E-state index in [0.29, 0.717) is 6.54 Å². The number of anilines is 1. The zero-order valence-electron chi connectivity index (χ0n) is 13.4. The predicted molar refractivity (Wildman–Crippen MR) is 85.9 cm³/mol. The number of hydrogen-bond donors (Lipinski definition) is 1. The van der Waals surface area contributed by atoms with Crippen molar-refractivity contribution in [1.82, 2.24) is 9.78 Å². The maximum Gasteiger partial charge on any atom is 0.216 e. The van der Waals surface area contributed by atoms with Crippen molar-refractivity contribution in [2.24, 2.45) is 12.8 Å². The van der Waals surface area contributed by atoms with Crippen molar-refractivity contribution in [3.05, 3.63) is 41.1 Å². The van der Waals surface area contributed by atoms with E-state index in [2.05, 4.69) is 41.2 Å². The molecule has 1 aromatic carbocycles. The lowest BCUT2D eigenvalue weighted by atomic mass is 10.1. The van der Waals surface area contributed by atoms with Gasteiger partial charge in [0.2, 0.25) is 5.88 Å². The highest BCUT2D eigenvalue weighted by Crippen LogP contribution is 2.33. The number of benzene rings is 1. The number of methoxy groups -OCH3 is 1. The molecule has 2 aromatic rings. The molecule has 0 saturated carbocycles. The van der Waals surface area contributed by atoms with Crippen LogP contribution in [0.4, 0.5) is 5.69 Å². The molecule has 5 nitrogen and oxygen atoms in total. The fraction of sp³-hybridized carbons (Fsp3) is 0.438. The van der Waals surface area contributed by atoms with Crippen molar-refractivity contribution < 1.29 is 4.74 Å². The highest BCUT2D eigenvalue weighted by molar-refractivity contribution is 5.51. The number of aryl methyl sites for hydroxylation is 3. The maximum atomic E-state index is 6.04. The molecule has 0 bridgehead atoms. The Hall–Kier alpha value is -2.01. The zero-order valence-corrected chi connectivity index (χ0v) is 13.4. The first-order valence-corrected chi connectivity index (χ1v) is 7.06. The number of rotatable bonds is 5. The maximum absolute atomic E-state index is 6.04. The van der Waals surface area contributed by atoms with Crippen molar-refractivity contribution in [2.45, 2.75) is 19.9 Å². The van der Waals surface area contributed by atoms with E-state index in [9.17, 15) is 0 Å². The van der Waals surface area contributed by atoms with Crippen LogP contribution in [-0.4, -0.2) is 30.5 Å². The minimum Gasteiger partial charge on any atom is -0.481 e. The van der Waals surface area contributed by atoms with Gasteiger partial charge in [-0.2, -0.15) is 5.10 Å². The third-order valence-electron chi connectivity index (χ3n) is 3.87. The number of nitrogens with zero attached hydrogens (tertiary/aromatic N) is 3. The van der Waals surface area contributed by atoms with Crippen LogP contribution < -0.4 is 15.4 Å². The summed E-state index contributed by atoms with van der Waals surface area (Å²) in [6.45, 7) is 4.56. The summed E-state index contributed by atoms with van der Waals surface area (Å²) in [6, 6.07) is 8.45. The molecule has 0 spiro atoms. The van der Waals surface area contributed by atoms with Gasteiger partial charge in [0.1, 0.15) is 0 Å². The van der Waals surface area contributed by atoms with Gasteiger partial charge in [0.05, 0.1) is 24.4 Å². The first kappa shape index (κ1) is 15.4. The fourth-order valence-electron chi connectivity index (χ4n) is 2.71. The lowest BCUT2D eigenvalue weighted by Gasteiger charge is -2.29. The van der Waals surface area contributed by atoms with Crippen molar-refractivity contribution in [1.29, 1.82) is 0 Å². The molecular formula is C16H24N4O. The molecule has 2 N–H and O–H groups in total. The van der Waals surface area contributed by atoms with Gasteiger partial charge >= 0.3 is 0 Å². The predicted octanol–water partition coefficient (Wildman–Crippen LogP) is 2.18. The van der Waals surface area contributed by atoms with Crippen LogP contribution >= 0.6 is 0 Å². The van der Waals surface area contributed by atoms with Gasteiger partial charge in [0.15, 0.2) is 0 Å². The van der Waals surface area contributed by atoms with Gasteiger partial charge in [0, 0.05) is 26.3 Å². The van der Waals surface area contributed by atoms with E-state index in [1.165, 1.54) is 5.56 Å². The number of aromatic nitrogens is 2. The summed E-state index contributed by atoms with van der Waals surface area (Å²) in [5, 5.41) is 4.45. The molecular weight excluding hydrogens is 264 g/mol. The van der Waals surface area contributed by atoms with E-state index in [4.69, 9.17) is 10.5 Å².